The van der Waals surface area contributed by atoms with Gasteiger partial charge in [0, 0.05) is 16.7 Å². The van der Waals surface area contributed by atoms with E-state index in [9.17, 15) is 9.59 Å². The maximum absolute atomic E-state index is 12.3. The average Bonchev–Trinajstić information content (AvgIpc) is 2.50. The van der Waals surface area contributed by atoms with Crippen molar-refractivity contribution in [1.29, 1.82) is 0 Å². The highest BCUT2D eigenvalue weighted by atomic mass is 35.5. The molecule has 0 unspecified atom stereocenters. The predicted molar refractivity (Wildman–Crippen MR) is 84.0 cm³/mol. The third-order valence-electron chi connectivity index (χ3n) is 3.35. The van der Waals surface area contributed by atoms with Gasteiger partial charge in [0.25, 0.3) is 5.56 Å². The van der Waals surface area contributed by atoms with E-state index in [4.69, 9.17) is 11.6 Å². The Morgan fingerprint density at radius 3 is 2.62 bits per heavy atom. The zero-order valence-corrected chi connectivity index (χ0v) is 11.9. The molecule has 104 valence electrons. The lowest BCUT2D eigenvalue weighted by molar-refractivity contribution is 0.0972. The summed E-state index contributed by atoms with van der Waals surface area (Å²) < 4.78 is 1.48. The molecular formula is C17H12ClNO2. The van der Waals surface area contributed by atoms with Crippen LogP contribution in [0.2, 0.25) is 5.02 Å². The summed E-state index contributed by atoms with van der Waals surface area (Å²) in [5.41, 5.74) is 1.06. The fourth-order valence-electron chi connectivity index (χ4n) is 2.30. The van der Waals surface area contributed by atoms with Crippen LogP contribution in [0.25, 0.3) is 10.9 Å². The van der Waals surface area contributed by atoms with Crippen LogP contribution in [-0.4, -0.2) is 10.4 Å². The zero-order chi connectivity index (χ0) is 14.8. The number of rotatable bonds is 3. The van der Waals surface area contributed by atoms with Crippen LogP contribution in [0.4, 0.5) is 0 Å². The molecular weight excluding hydrogens is 286 g/mol. The highest BCUT2D eigenvalue weighted by molar-refractivity contribution is 6.31. The van der Waals surface area contributed by atoms with Gasteiger partial charge in [0.15, 0.2) is 5.78 Å². The largest absolute Gasteiger partial charge is 0.300 e. The summed E-state index contributed by atoms with van der Waals surface area (Å²) in [4.78, 5) is 24.4. The summed E-state index contributed by atoms with van der Waals surface area (Å²) in [6, 6.07) is 17.5. The number of hydrogen-bond acceptors (Lipinski definition) is 2. The maximum atomic E-state index is 12.3. The molecule has 0 aliphatic rings. The van der Waals surface area contributed by atoms with Gasteiger partial charge in [0.05, 0.1) is 12.1 Å². The summed E-state index contributed by atoms with van der Waals surface area (Å²) in [6.45, 7) is 0.000525. The van der Waals surface area contributed by atoms with Crippen molar-refractivity contribution < 1.29 is 4.79 Å². The van der Waals surface area contributed by atoms with Crippen molar-refractivity contribution in [2.45, 2.75) is 6.54 Å². The molecule has 0 radical (unpaired) electrons. The minimum Gasteiger partial charge on any atom is -0.300 e. The molecule has 0 amide bonds. The van der Waals surface area contributed by atoms with E-state index in [0.29, 0.717) is 10.6 Å². The molecule has 0 aliphatic carbocycles. The Labute approximate surface area is 126 Å². The SMILES string of the molecule is O=C(Cn1c(=O)ccc2ccccc21)c1cccc(Cl)c1. The third-order valence-corrected chi connectivity index (χ3v) is 3.58. The Bertz CT molecular complexity index is 883. The van der Waals surface area contributed by atoms with E-state index in [1.807, 2.05) is 24.3 Å². The van der Waals surface area contributed by atoms with Crippen molar-refractivity contribution in [3.8, 4) is 0 Å². The van der Waals surface area contributed by atoms with E-state index < -0.39 is 0 Å². The summed E-state index contributed by atoms with van der Waals surface area (Å²) in [5, 5.41) is 1.43. The first-order chi connectivity index (χ1) is 10.1. The quantitative estimate of drug-likeness (QED) is 0.694. The molecule has 21 heavy (non-hydrogen) atoms. The van der Waals surface area contributed by atoms with Crippen LogP contribution >= 0.6 is 11.6 Å². The van der Waals surface area contributed by atoms with E-state index in [0.717, 1.165) is 10.9 Å². The first-order valence-corrected chi connectivity index (χ1v) is 6.90. The monoisotopic (exact) mass is 297 g/mol. The second-order valence-corrected chi connectivity index (χ2v) is 5.19. The number of fused-ring (bicyclic) bond motifs is 1. The van der Waals surface area contributed by atoms with Crippen molar-refractivity contribution in [3.63, 3.8) is 0 Å². The third kappa shape index (κ3) is 2.73. The summed E-state index contributed by atoms with van der Waals surface area (Å²) >= 11 is 5.90. The zero-order valence-electron chi connectivity index (χ0n) is 11.1. The fraction of sp³-hybridized carbons (Fsp3) is 0.0588. The van der Waals surface area contributed by atoms with Gasteiger partial charge in [-0.25, -0.2) is 0 Å². The van der Waals surface area contributed by atoms with Gasteiger partial charge in [-0.3, -0.25) is 9.59 Å². The molecule has 0 bridgehead atoms. The van der Waals surface area contributed by atoms with Gasteiger partial charge >= 0.3 is 0 Å². The highest BCUT2D eigenvalue weighted by Gasteiger charge is 2.10. The van der Waals surface area contributed by atoms with Crippen LogP contribution in [0.15, 0.2) is 65.5 Å². The van der Waals surface area contributed by atoms with Crippen molar-refractivity contribution in [3.05, 3.63) is 81.6 Å². The van der Waals surface area contributed by atoms with Crippen molar-refractivity contribution in [2.75, 3.05) is 0 Å². The molecule has 0 atom stereocenters. The molecule has 4 heteroatoms. The van der Waals surface area contributed by atoms with Crippen LogP contribution < -0.4 is 5.56 Å². The number of benzene rings is 2. The van der Waals surface area contributed by atoms with Gasteiger partial charge in [0.2, 0.25) is 0 Å². The Kier molecular flexibility index (Phi) is 3.59. The number of nitrogens with zero attached hydrogens (tertiary/aromatic N) is 1. The van der Waals surface area contributed by atoms with E-state index >= 15 is 0 Å². The van der Waals surface area contributed by atoms with Gasteiger partial charge in [-0.1, -0.05) is 41.9 Å². The topological polar surface area (TPSA) is 39.1 Å². The minimum atomic E-state index is -0.191. The van der Waals surface area contributed by atoms with E-state index in [2.05, 4.69) is 0 Å². The molecule has 0 N–H and O–H groups in total. The number of hydrogen-bond donors (Lipinski definition) is 0. The standard InChI is InChI=1S/C17H12ClNO2/c18-14-6-3-5-13(10-14)16(20)11-19-15-7-2-1-4-12(15)8-9-17(19)21/h1-10H,11H2. The van der Waals surface area contributed by atoms with E-state index in [1.165, 1.54) is 10.6 Å². The molecule has 0 saturated heterocycles. The molecule has 3 nitrogen and oxygen atoms in total. The van der Waals surface area contributed by atoms with Crippen molar-refractivity contribution in [2.24, 2.45) is 0 Å². The molecule has 0 aliphatic heterocycles. The first-order valence-electron chi connectivity index (χ1n) is 6.52. The number of Topliss-reactive ketones (excluding diaryl/α,β-unsaturated/α-hetero) is 1. The number of halogens is 1. The van der Waals surface area contributed by atoms with Crippen LogP contribution in [0.1, 0.15) is 10.4 Å². The van der Waals surface area contributed by atoms with Crippen molar-refractivity contribution >= 4 is 28.3 Å². The van der Waals surface area contributed by atoms with E-state index in [-0.39, 0.29) is 17.9 Å². The van der Waals surface area contributed by atoms with Crippen molar-refractivity contribution in [1.82, 2.24) is 4.57 Å². The number of carbonyl (C=O) groups excluding carboxylic acids is 1. The predicted octanol–water partition coefficient (Wildman–Crippen LogP) is 3.54. The molecule has 0 saturated carbocycles. The molecule has 1 heterocycles. The number of pyridine rings is 1. The van der Waals surface area contributed by atoms with Gasteiger partial charge in [-0.05, 0) is 29.7 Å². The van der Waals surface area contributed by atoms with Crippen LogP contribution in [0.3, 0.4) is 0 Å². The van der Waals surface area contributed by atoms with E-state index in [1.54, 1.807) is 30.3 Å². The first kappa shape index (κ1) is 13.6. The summed E-state index contributed by atoms with van der Waals surface area (Å²) in [5.74, 6) is -0.143. The van der Waals surface area contributed by atoms with Crippen LogP contribution in [-0.2, 0) is 6.54 Å². The molecule has 3 aromatic rings. The number of carbonyl (C=O) groups is 1. The Balaban J connectivity index is 2.04. The molecule has 2 aromatic carbocycles. The Hall–Kier alpha value is -2.39. The van der Waals surface area contributed by atoms with Crippen LogP contribution in [0, 0.1) is 0 Å². The number of ketones is 1. The second-order valence-electron chi connectivity index (χ2n) is 4.75. The Morgan fingerprint density at radius 1 is 1.00 bits per heavy atom. The summed E-state index contributed by atoms with van der Waals surface area (Å²) in [6.07, 6.45) is 0. The molecule has 0 spiro atoms. The Morgan fingerprint density at radius 2 is 1.81 bits per heavy atom. The lowest BCUT2D eigenvalue weighted by Gasteiger charge is -2.09. The van der Waals surface area contributed by atoms with Crippen LogP contribution in [0.5, 0.6) is 0 Å². The minimum absolute atomic E-state index is 0.000525. The fourth-order valence-corrected chi connectivity index (χ4v) is 2.49. The van der Waals surface area contributed by atoms with Gasteiger partial charge < -0.3 is 4.57 Å². The smallest absolute Gasteiger partial charge is 0.251 e. The lowest BCUT2D eigenvalue weighted by Crippen LogP contribution is -2.23. The normalized spacial score (nSPS) is 10.7. The highest BCUT2D eigenvalue weighted by Crippen LogP contribution is 2.14. The number of para-hydroxylation sites is 1. The van der Waals surface area contributed by atoms with Gasteiger partial charge in [-0.15, -0.1) is 0 Å². The average molecular weight is 298 g/mol. The lowest BCUT2D eigenvalue weighted by atomic mass is 10.1. The number of aromatic nitrogens is 1. The second kappa shape index (κ2) is 5.54. The van der Waals surface area contributed by atoms with Gasteiger partial charge in [0.1, 0.15) is 0 Å². The molecule has 1 aromatic heterocycles. The molecule has 3 rings (SSSR count). The summed E-state index contributed by atoms with van der Waals surface area (Å²) in [7, 11) is 0. The molecule has 0 fully saturated rings. The van der Waals surface area contributed by atoms with Gasteiger partial charge in [-0.2, -0.15) is 0 Å². The maximum Gasteiger partial charge on any atom is 0.251 e.